The van der Waals surface area contributed by atoms with E-state index in [-0.39, 0.29) is 23.9 Å². The van der Waals surface area contributed by atoms with Gasteiger partial charge < -0.3 is 9.64 Å². The van der Waals surface area contributed by atoms with Crippen molar-refractivity contribution in [2.24, 2.45) is 5.92 Å². The number of carbonyl (C=O) groups is 1. The zero-order chi connectivity index (χ0) is 15.7. The quantitative estimate of drug-likeness (QED) is 0.831. The summed E-state index contributed by atoms with van der Waals surface area (Å²) in [6, 6.07) is 4.71. The molecule has 6 heteroatoms. The standard InChI is InChI=1S/C16H20ClFN2O2/c1-19-6-11-7-20(8-12(19)10-22-9-11)16(21)5-13-14(17)3-2-4-15(13)18/h2-4,11-12H,5-10H2,1H3/t11-,12+/m1/s1. The monoisotopic (exact) mass is 326 g/mol. The van der Waals surface area contributed by atoms with E-state index in [1.807, 2.05) is 4.90 Å². The van der Waals surface area contributed by atoms with Crippen LogP contribution in [0.25, 0.3) is 0 Å². The zero-order valence-corrected chi connectivity index (χ0v) is 13.4. The van der Waals surface area contributed by atoms with E-state index >= 15 is 0 Å². The number of nitrogens with zero attached hydrogens (tertiary/aromatic N) is 2. The number of amides is 1. The fourth-order valence-electron chi connectivity index (χ4n) is 3.22. The molecule has 0 spiro atoms. The lowest BCUT2D eigenvalue weighted by molar-refractivity contribution is -0.132. The van der Waals surface area contributed by atoms with E-state index in [9.17, 15) is 9.18 Å². The van der Waals surface area contributed by atoms with E-state index in [0.717, 1.165) is 6.54 Å². The Bertz CT molecular complexity index is 549. The van der Waals surface area contributed by atoms with Crippen LogP contribution >= 0.6 is 11.6 Å². The van der Waals surface area contributed by atoms with Crippen LogP contribution in [0.4, 0.5) is 4.39 Å². The maximum Gasteiger partial charge on any atom is 0.227 e. The van der Waals surface area contributed by atoms with Crippen molar-refractivity contribution in [1.29, 1.82) is 0 Å². The Hall–Kier alpha value is -1.17. The number of benzene rings is 1. The van der Waals surface area contributed by atoms with Gasteiger partial charge in [-0.25, -0.2) is 4.39 Å². The summed E-state index contributed by atoms with van der Waals surface area (Å²) in [6.07, 6.45) is 0.00944. The molecule has 2 atom stereocenters. The summed E-state index contributed by atoms with van der Waals surface area (Å²) in [5, 5.41) is 0.309. The SMILES string of the molecule is CN1C[C@H]2COC[C@@H]1CN(C(=O)Cc1c(F)cccc1Cl)C2. The molecule has 4 nitrogen and oxygen atoms in total. The maximum atomic E-state index is 13.9. The number of halogens is 2. The number of rotatable bonds is 2. The lowest BCUT2D eigenvalue weighted by atomic mass is 10.1. The van der Waals surface area contributed by atoms with E-state index < -0.39 is 5.82 Å². The fraction of sp³-hybridized carbons (Fsp3) is 0.562. The molecule has 2 aliphatic heterocycles. The first-order valence-electron chi connectivity index (χ1n) is 7.53. The molecule has 1 aromatic rings. The minimum atomic E-state index is -0.420. The molecule has 2 bridgehead atoms. The molecule has 1 amide bonds. The van der Waals surface area contributed by atoms with Crippen LogP contribution in [-0.2, 0) is 16.0 Å². The molecule has 22 heavy (non-hydrogen) atoms. The molecule has 0 aliphatic carbocycles. The number of carbonyl (C=O) groups excluding carboxylic acids is 1. The Morgan fingerprint density at radius 3 is 2.95 bits per heavy atom. The predicted octanol–water partition coefficient (Wildman–Crippen LogP) is 1.81. The van der Waals surface area contributed by atoms with Gasteiger partial charge in [-0.3, -0.25) is 9.69 Å². The van der Waals surface area contributed by atoms with Crippen LogP contribution in [0.1, 0.15) is 5.56 Å². The first-order valence-corrected chi connectivity index (χ1v) is 7.91. The van der Waals surface area contributed by atoms with Crippen molar-refractivity contribution in [3.05, 3.63) is 34.6 Å². The fourth-order valence-corrected chi connectivity index (χ4v) is 3.45. The Balaban J connectivity index is 1.75. The van der Waals surface area contributed by atoms with Gasteiger partial charge in [-0.05, 0) is 19.2 Å². The summed E-state index contributed by atoms with van der Waals surface area (Å²) in [4.78, 5) is 16.7. The summed E-state index contributed by atoms with van der Waals surface area (Å²) < 4.78 is 19.5. The molecule has 2 fully saturated rings. The van der Waals surface area contributed by atoms with Crippen molar-refractivity contribution < 1.29 is 13.9 Å². The minimum absolute atomic E-state index is 0.00944. The molecule has 2 heterocycles. The van der Waals surface area contributed by atoms with Gasteiger partial charge in [-0.1, -0.05) is 17.7 Å². The lowest BCUT2D eigenvalue weighted by Crippen LogP contribution is -2.45. The van der Waals surface area contributed by atoms with Crippen LogP contribution in [0.3, 0.4) is 0 Å². The van der Waals surface area contributed by atoms with Crippen LogP contribution in [0.15, 0.2) is 18.2 Å². The second-order valence-corrected chi connectivity index (χ2v) is 6.58. The van der Waals surface area contributed by atoms with E-state index in [1.165, 1.54) is 6.07 Å². The molecule has 0 N–H and O–H groups in total. The second kappa shape index (κ2) is 6.52. The molecule has 0 unspecified atom stereocenters. The minimum Gasteiger partial charge on any atom is -0.379 e. The van der Waals surface area contributed by atoms with E-state index in [4.69, 9.17) is 16.3 Å². The van der Waals surface area contributed by atoms with Gasteiger partial charge in [0.15, 0.2) is 0 Å². The first-order chi connectivity index (χ1) is 10.5. The number of fused-ring (bicyclic) bond motifs is 3. The summed E-state index contributed by atoms with van der Waals surface area (Å²) in [6.45, 7) is 3.51. The van der Waals surface area contributed by atoms with Crippen molar-refractivity contribution in [2.75, 3.05) is 39.9 Å². The van der Waals surface area contributed by atoms with Gasteiger partial charge in [0.25, 0.3) is 0 Å². The number of hydrogen-bond acceptors (Lipinski definition) is 3. The summed E-state index contributed by atoms with van der Waals surface area (Å²) in [5.74, 6) is -0.187. The van der Waals surface area contributed by atoms with Gasteiger partial charge in [0.1, 0.15) is 5.82 Å². The van der Waals surface area contributed by atoms with Crippen molar-refractivity contribution in [3.8, 4) is 0 Å². The first kappa shape index (κ1) is 15.7. The average molecular weight is 327 g/mol. The van der Waals surface area contributed by atoms with Gasteiger partial charge in [0, 0.05) is 36.1 Å². The molecule has 0 saturated carbocycles. The highest BCUT2D eigenvalue weighted by molar-refractivity contribution is 6.31. The molecular formula is C16H20ClFN2O2. The van der Waals surface area contributed by atoms with Crippen molar-refractivity contribution in [2.45, 2.75) is 12.5 Å². The number of ether oxygens (including phenoxy) is 1. The molecule has 0 aromatic heterocycles. The Labute approximate surface area is 134 Å². The Morgan fingerprint density at radius 2 is 2.18 bits per heavy atom. The van der Waals surface area contributed by atoms with Crippen LogP contribution in [0.5, 0.6) is 0 Å². The summed E-state index contributed by atoms with van der Waals surface area (Å²) in [7, 11) is 2.06. The van der Waals surface area contributed by atoms with E-state index in [0.29, 0.717) is 37.2 Å². The van der Waals surface area contributed by atoms with Crippen molar-refractivity contribution in [1.82, 2.24) is 9.80 Å². The van der Waals surface area contributed by atoms with Crippen LogP contribution < -0.4 is 0 Å². The van der Waals surface area contributed by atoms with Crippen LogP contribution in [0, 0.1) is 11.7 Å². The zero-order valence-electron chi connectivity index (χ0n) is 12.6. The third-order valence-electron chi connectivity index (χ3n) is 4.49. The van der Waals surface area contributed by atoms with Gasteiger partial charge in [-0.15, -0.1) is 0 Å². The molecule has 2 aliphatic rings. The van der Waals surface area contributed by atoms with Crippen molar-refractivity contribution >= 4 is 17.5 Å². The summed E-state index contributed by atoms with van der Waals surface area (Å²) in [5.41, 5.74) is 0.285. The molecule has 3 rings (SSSR count). The topological polar surface area (TPSA) is 32.8 Å². The van der Waals surface area contributed by atoms with Gasteiger partial charge in [0.2, 0.25) is 5.91 Å². The normalized spacial score (nSPS) is 25.9. The van der Waals surface area contributed by atoms with Gasteiger partial charge in [-0.2, -0.15) is 0 Å². The van der Waals surface area contributed by atoms with E-state index in [1.54, 1.807) is 12.1 Å². The number of likely N-dealkylation sites (N-methyl/N-ethyl adjacent to an activating group) is 1. The van der Waals surface area contributed by atoms with Gasteiger partial charge in [0.05, 0.1) is 25.7 Å². The van der Waals surface area contributed by atoms with Gasteiger partial charge >= 0.3 is 0 Å². The van der Waals surface area contributed by atoms with Crippen molar-refractivity contribution in [3.63, 3.8) is 0 Å². The Kier molecular flexibility index (Phi) is 4.66. The molecular weight excluding hydrogens is 307 g/mol. The molecule has 120 valence electrons. The highest BCUT2D eigenvalue weighted by Crippen LogP contribution is 2.22. The molecule has 0 radical (unpaired) electrons. The molecule has 2 saturated heterocycles. The highest BCUT2D eigenvalue weighted by Gasteiger charge is 2.33. The lowest BCUT2D eigenvalue weighted by Gasteiger charge is -2.30. The smallest absolute Gasteiger partial charge is 0.227 e. The van der Waals surface area contributed by atoms with E-state index in [2.05, 4.69) is 11.9 Å². The number of hydrogen-bond donors (Lipinski definition) is 0. The van der Waals surface area contributed by atoms with Crippen LogP contribution in [0.2, 0.25) is 5.02 Å². The maximum absolute atomic E-state index is 13.9. The van der Waals surface area contributed by atoms with Crippen LogP contribution in [-0.4, -0.2) is 61.6 Å². The predicted molar refractivity (Wildman–Crippen MR) is 82.4 cm³/mol. The third kappa shape index (κ3) is 3.26. The highest BCUT2D eigenvalue weighted by atomic mass is 35.5. The second-order valence-electron chi connectivity index (χ2n) is 6.17. The largest absolute Gasteiger partial charge is 0.379 e. The summed E-state index contributed by atoms with van der Waals surface area (Å²) >= 11 is 6.02. The average Bonchev–Trinajstić information content (AvgIpc) is 2.71. The third-order valence-corrected chi connectivity index (χ3v) is 4.84. The Morgan fingerprint density at radius 1 is 1.36 bits per heavy atom. The molecule has 1 aromatic carbocycles.